The maximum atomic E-state index is 12.6. The van der Waals surface area contributed by atoms with E-state index < -0.39 is 0 Å². The molecule has 2 aromatic rings. The van der Waals surface area contributed by atoms with Crippen LogP contribution in [-0.4, -0.2) is 59.7 Å². The largest absolute Gasteiger partial charge is 0.462 e. The molecule has 0 N–H and O–H groups in total. The normalized spacial score (nSPS) is 14.3. The van der Waals surface area contributed by atoms with Gasteiger partial charge in [-0.3, -0.25) is 4.79 Å². The van der Waals surface area contributed by atoms with Crippen LogP contribution in [0, 0.1) is 13.8 Å². The van der Waals surface area contributed by atoms with Crippen LogP contribution in [0.1, 0.15) is 34.3 Å². The topological polar surface area (TPSA) is 88.8 Å². The zero-order valence-electron chi connectivity index (χ0n) is 15.9. The highest BCUT2D eigenvalue weighted by Crippen LogP contribution is 2.17. The molecule has 1 amide bonds. The average molecular weight is 372 g/mol. The van der Waals surface area contributed by atoms with Gasteiger partial charge in [-0.25, -0.2) is 9.78 Å². The lowest BCUT2D eigenvalue weighted by molar-refractivity contribution is -0.130. The van der Waals surface area contributed by atoms with E-state index in [-0.39, 0.29) is 11.9 Å². The van der Waals surface area contributed by atoms with E-state index in [2.05, 4.69) is 15.0 Å². The Balaban J connectivity index is 1.55. The Labute approximate surface area is 158 Å². The van der Waals surface area contributed by atoms with Crippen molar-refractivity contribution in [2.75, 3.05) is 37.7 Å². The summed E-state index contributed by atoms with van der Waals surface area (Å²) in [4.78, 5) is 32.6. The number of hydrogen-bond donors (Lipinski definition) is 0. The van der Waals surface area contributed by atoms with Crippen LogP contribution in [0.25, 0.3) is 0 Å². The molecule has 0 saturated carbocycles. The lowest BCUT2D eigenvalue weighted by Gasteiger charge is -2.35. The Hall–Kier alpha value is -2.90. The van der Waals surface area contributed by atoms with Gasteiger partial charge in [0.05, 0.1) is 24.3 Å². The van der Waals surface area contributed by atoms with E-state index in [1.54, 1.807) is 13.0 Å². The van der Waals surface area contributed by atoms with Crippen LogP contribution in [0.3, 0.4) is 0 Å². The summed E-state index contributed by atoms with van der Waals surface area (Å²) < 4.78 is 10.1. The number of amides is 1. The monoisotopic (exact) mass is 372 g/mol. The Morgan fingerprint density at radius 1 is 1.19 bits per heavy atom. The van der Waals surface area contributed by atoms with E-state index in [0.29, 0.717) is 50.5 Å². The molecule has 0 bridgehead atoms. The summed E-state index contributed by atoms with van der Waals surface area (Å²) in [6.45, 7) is 8.43. The van der Waals surface area contributed by atoms with E-state index >= 15 is 0 Å². The minimum Gasteiger partial charge on any atom is -0.462 e. The second-order valence-corrected chi connectivity index (χ2v) is 6.47. The Morgan fingerprint density at radius 2 is 1.93 bits per heavy atom. The maximum Gasteiger partial charge on any atom is 0.339 e. The molecular formula is C19H24N4O4. The quantitative estimate of drug-likeness (QED) is 0.739. The predicted molar refractivity (Wildman–Crippen MR) is 98.7 cm³/mol. The number of carbonyl (C=O) groups excluding carboxylic acids is 2. The molecule has 27 heavy (non-hydrogen) atoms. The van der Waals surface area contributed by atoms with Gasteiger partial charge in [0.25, 0.3) is 0 Å². The number of esters is 1. The smallest absolute Gasteiger partial charge is 0.339 e. The molecule has 144 valence electrons. The van der Waals surface area contributed by atoms with E-state index in [1.807, 2.05) is 24.8 Å². The standard InChI is InChI=1S/C19H24N4O4/c1-4-26-19(25)15-5-6-17(20-12-15)22-7-9-23(10-8-22)18(24)11-16-13(2)21-27-14(16)3/h5-6,12H,4,7-11H2,1-3H3. The van der Waals surface area contributed by atoms with Gasteiger partial charge in [-0.2, -0.15) is 0 Å². The summed E-state index contributed by atoms with van der Waals surface area (Å²) in [5.41, 5.74) is 2.08. The molecule has 8 heteroatoms. The molecule has 0 spiro atoms. The number of pyridine rings is 1. The molecule has 3 rings (SSSR count). The van der Waals surface area contributed by atoms with Gasteiger partial charge in [0.2, 0.25) is 5.91 Å². The number of piperazine rings is 1. The Kier molecular flexibility index (Phi) is 5.73. The summed E-state index contributed by atoms with van der Waals surface area (Å²) >= 11 is 0. The van der Waals surface area contributed by atoms with Gasteiger partial charge in [0.15, 0.2) is 0 Å². The molecule has 1 aliphatic heterocycles. The third-order valence-electron chi connectivity index (χ3n) is 4.72. The number of rotatable bonds is 5. The van der Waals surface area contributed by atoms with Gasteiger partial charge in [0.1, 0.15) is 11.6 Å². The molecule has 2 aromatic heterocycles. The van der Waals surface area contributed by atoms with E-state index in [4.69, 9.17) is 9.26 Å². The molecule has 3 heterocycles. The van der Waals surface area contributed by atoms with Crippen LogP contribution >= 0.6 is 0 Å². The maximum absolute atomic E-state index is 12.6. The van der Waals surface area contributed by atoms with Crippen molar-refractivity contribution in [3.05, 3.63) is 40.9 Å². The summed E-state index contributed by atoms with van der Waals surface area (Å²) in [5.74, 6) is 1.20. The average Bonchev–Trinajstić information content (AvgIpc) is 3.00. The fourth-order valence-electron chi connectivity index (χ4n) is 3.11. The van der Waals surface area contributed by atoms with E-state index in [9.17, 15) is 9.59 Å². The van der Waals surface area contributed by atoms with Crippen molar-refractivity contribution in [3.8, 4) is 0 Å². The molecule has 8 nitrogen and oxygen atoms in total. The van der Waals surface area contributed by atoms with Crippen molar-refractivity contribution in [1.29, 1.82) is 0 Å². The van der Waals surface area contributed by atoms with Gasteiger partial charge in [-0.1, -0.05) is 5.16 Å². The van der Waals surface area contributed by atoms with Crippen LogP contribution in [0.5, 0.6) is 0 Å². The zero-order chi connectivity index (χ0) is 19.4. The lowest BCUT2D eigenvalue weighted by atomic mass is 10.1. The van der Waals surface area contributed by atoms with Gasteiger partial charge in [-0.05, 0) is 32.9 Å². The highest BCUT2D eigenvalue weighted by molar-refractivity contribution is 5.89. The van der Waals surface area contributed by atoms with Gasteiger partial charge >= 0.3 is 5.97 Å². The van der Waals surface area contributed by atoms with Crippen LogP contribution in [0.15, 0.2) is 22.9 Å². The zero-order valence-corrected chi connectivity index (χ0v) is 15.9. The first kappa shape index (κ1) is 18.9. The Morgan fingerprint density at radius 3 is 2.48 bits per heavy atom. The van der Waals surface area contributed by atoms with Crippen LogP contribution in [-0.2, 0) is 16.0 Å². The van der Waals surface area contributed by atoms with Crippen molar-refractivity contribution in [2.45, 2.75) is 27.2 Å². The summed E-state index contributed by atoms with van der Waals surface area (Å²) in [6, 6.07) is 3.53. The van der Waals surface area contributed by atoms with Crippen molar-refractivity contribution in [2.24, 2.45) is 0 Å². The summed E-state index contributed by atoms with van der Waals surface area (Å²) in [6.07, 6.45) is 1.84. The number of anilines is 1. The molecular weight excluding hydrogens is 348 g/mol. The molecule has 1 aliphatic rings. The number of hydrogen-bond acceptors (Lipinski definition) is 7. The molecule has 0 atom stereocenters. The van der Waals surface area contributed by atoms with Crippen molar-refractivity contribution < 1.29 is 18.8 Å². The lowest BCUT2D eigenvalue weighted by Crippen LogP contribution is -2.49. The third kappa shape index (κ3) is 4.27. The van der Waals surface area contributed by atoms with Crippen molar-refractivity contribution in [3.63, 3.8) is 0 Å². The van der Waals surface area contributed by atoms with Gasteiger partial charge < -0.3 is 19.1 Å². The number of nitrogens with zero attached hydrogens (tertiary/aromatic N) is 4. The van der Waals surface area contributed by atoms with Gasteiger partial charge in [-0.15, -0.1) is 0 Å². The fraction of sp³-hybridized carbons (Fsp3) is 0.474. The van der Waals surface area contributed by atoms with Crippen LogP contribution in [0.2, 0.25) is 0 Å². The minimum atomic E-state index is -0.369. The first-order valence-electron chi connectivity index (χ1n) is 9.07. The fourth-order valence-corrected chi connectivity index (χ4v) is 3.11. The van der Waals surface area contributed by atoms with Crippen molar-refractivity contribution >= 4 is 17.7 Å². The molecule has 0 unspecified atom stereocenters. The number of aromatic nitrogens is 2. The molecule has 1 fully saturated rings. The Bertz CT molecular complexity index is 788. The van der Waals surface area contributed by atoms with Gasteiger partial charge in [0, 0.05) is 37.9 Å². The summed E-state index contributed by atoms with van der Waals surface area (Å²) in [5, 5.41) is 3.90. The summed E-state index contributed by atoms with van der Waals surface area (Å²) in [7, 11) is 0. The van der Waals surface area contributed by atoms with E-state index in [0.717, 1.165) is 17.1 Å². The molecule has 0 aromatic carbocycles. The van der Waals surface area contributed by atoms with Crippen molar-refractivity contribution in [1.82, 2.24) is 15.0 Å². The third-order valence-corrected chi connectivity index (χ3v) is 4.72. The van der Waals surface area contributed by atoms with Crippen LogP contribution < -0.4 is 4.90 Å². The van der Waals surface area contributed by atoms with Crippen LogP contribution in [0.4, 0.5) is 5.82 Å². The minimum absolute atomic E-state index is 0.0784. The first-order chi connectivity index (χ1) is 13.0. The highest BCUT2D eigenvalue weighted by atomic mass is 16.5. The second-order valence-electron chi connectivity index (χ2n) is 6.47. The first-order valence-corrected chi connectivity index (χ1v) is 9.07. The number of ether oxygens (including phenoxy) is 1. The highest BCUT2D eigenvalue weighted by Gasteiger charge is 2.24. The number of carbonyl (C=O) groups is 2. The second kappa shape index (κ2) is 8.20. The number of aryl methyl sites for hydroxylation is 2. The predicted octanol–water partition coefficient (Wildman–Crippen LogP) is 1.75. The molecule has 0 aliphatic carbocycles. The molecule has 0 radical (unpaired) electrons. The SMILES string of the molecule is CCOC(=O)c1ccc(N2CCN(C(=O)Cc3c(C)noc3C)CC2)nc1. The molecule has 1 saturated heterocycles. The van der Waals surface area contributed by atoms with E-state index in [1.165, 1.54) is 6.20 Å².